The van der Waals surface area contributed by atoms with E-state index in [4.69, 9.17) is 9.47 Å². The summed E-state index contributed by atoms with van der Waals surface area (Å²) in [6.45, 7) is 2.16. The van der Waals surface area contributed by atoms with Crippen LogP contribution < -0.4 is 14.8 Å². The fourth-order valence-corrected chi connectivity index (χ4v) is 2.55. The summed E-state index contributed by atoms with van der Waals surface area (Å²) in [5.41, 5.74) is 1.04. The SMILES string of the molecule is C[C@@H](NC(=O)[C@H]1COc2ccccc2O1)c1ccc(Br)cc1. The summed E-state index contributed by atoms with van der Waals surface area (Å²) in [5, 5.41) is 2.96. The van der Waals surface area contributed by atoms with Crippen molar-refractivity contribution < 1.29 is 14.3 Å². The molecular weight excluding hydrogens is 346 g/mol. The van der Waals surface area contributed by atoms with Gasteiger partial charge in [0.05, 0.1) is 6.04 Å². The van der Waals surface area contributed by atoms with Gasteiger partial charge in [-0.25, -0.2) is 0 Å². The molecule has 0 saturated heterocycles. The highest BCUT2D eigenvalue weighted by Crippen LogP contribution is 2.31. The van der Waals surface area contributed by atoms with E-state index >= 15 is 0 Å². The van der Waals surface area contributed by atoms with Gasteiger partial charge in [0.15, 0.2) is 11.5 Å². The van der Waals surface area contributed by atoms with Crippen LogP contribution in [0.4, 0.5) is 0 Å². The van der Waals surface area contributed by atoms with Gasteiger partial charge in [-0.05, 0) is 36.8 Å². The third-order valence-corrected chi connectivity index (χ3v) is 4.06. The molecule has 1 N–H and O–H groups in total. The number of carbonyl (C=O) groups excluding carboxylic acids is 1. The Bertz CT molecular complexity index is 672. The van der Waals surface area contributed by atoms with Crippen molar-refractivity contribution in [3.05, 3.63) is 58.6 Å². The standard InChI is InChI=1S/C17H16BrNO3/c1-11(12-6-8-13(18)9-7-12)19-17(20)16-10-21-14-4-2-3-5-15(14)22-16/h2-9,11,16H,10H2,1H3,(H,19,20)/t11-,16-/m1/s1. The summed E-state index contributed by atoms with van der Waals surface area (Å²) >= 11 is 3.40. The molecule has 0 aliphatic carbocycles. The minimum absolute atomic E-state index is 0.0960. The van der Waals surface area contributed by atoms with Gasteiger partial charge in [0.25, 0.3) is 5.91 Å². The van der Waals surface area contributed by atoms with Crippen LogP contribution in [0.5, 0.6) is 11.5 Å². The highest BCUT2D eigenvalue weighted by Gasteiger charge is 2.28. The van der Waals surface area contributed by atoms with Gasteiger partial charge in [-0.2, -0.15) is 0 Å². The molecule has 1 aliphatic rings. The lowest BCUT2D eigenvalue weighted by molar-refractivity contribution is -0.131. The first-order valence-corrected chi connectivity index (χ1v) is 7.87. The smallest absolute Gasteiger partial charge is 0.265 e. The third-order valence-electron chi connectivity index (χ3n) is 3.53. The second kappa shape index (κ2) is 6.40. The first-order chi connectivity index (χ1) is 10.6. The molecule has 2 aromatic carbocycles. The van der Waals surface area contributed by atoms with Crippen LogP contribution in [-0.2, 0) is 4.79 Å². The first-order valence-electron chi connectivity index (χ1n) is 7.08. The zero-order valence-corrected chi connectivity index (χ0v) is 13.7. The van der Waals surface area contributed by atoms with E-state index < -0.39 is 6.10 Å². The van der Waals surface area contributed by atoms with Gasteiger partial charge in [0, 0.05) is 4.47 Å². The van der Waals surface area contributed by atoms with Gasteiger partial charge in [-0.15, -0.1) is 0 Å². The van der Waals surface area contributed by atoms with Gasteiger partial charge < -0.3 is 14.8 Å². The molecule has 114 valence electrons. The van der Waals surface area contributed by atoms with E-state index in [2.05, 4.69) is 21.2 Å². The summed E-state index contributed by atoms with van der Waals surface area (Å²) in [6, 6.07) is 15.1. The highest BCUT2D eigenvalue weighted by molar-refractivity contribution is 9.10. The van der Waals surface area contributed by atoms with E-state index in [0.29, 0.717) is 11.5 Å². The Labute approximate surface area is 137 Å². The molecule has 2 atom stereocenters. The maximum Gasteiger partial charge on any atom is 0.265 e. The highest BCUT2D eigenvalue weighted by atomic mass is 79.9. The lowest BCUT2D eigenvalue weighted by Gasteiger charge is -2.26. The Kier molecular flexibility index (Phi) is 4.34. The molecule has 0 radical (unpaired) electrons. The van der Waals surface area contributed by atoms with Crippen LogP contribution in [0.1, 0.15) is 18.5 Å². The van der Waals surface area contributed by atoms with Crippen LogP contribution in [0.2, 0.25) is 0 Å². The van der Waals surface area contributed by atoms with Crippen molar-refractivity contribution in [3.8, 4) is 11.5 Å². The predicted molar refractivity (Wildman–Crippen MR) is 87.1 cm³/mol. The molecule has 0 spiro atoms. The maximum absolute atomic E-state index is 12.3. The second-order valence-corrected chi connectivity index (χ2v) is 6.06. The van der Waals surface area contributed by atoms with Crippen molar-refractivity contribution >= 4 is 21.8 Å². The Balaban J connectivity index is 1.64. The van der Waals surface area contributed by atoms with E-state index in [1.165, 1.54) is 0 Å². The average molecular weight is 362 g/mol. The normalized spacial score (nSPS) is 17.6. The third kappa shape index (κ3) is 3.25. The number of nitrogens with one attached hydrogen (secondary N) is 1. The monoisotopic (exact) mass is 361 g/mol. The molecule has 22 heavy (non-hydrogen) atoms. The van der Waals surface area contributed by atoms with Gasteiger partial charge in [-0.1, -0.05) is 40.2 Å². The predicted octanol–water partition coefficient (Wildman–Crippen LogP) is 3.47. The van der Waals surface area contributed by atoms with Gasteiger partial charge in [0.2, 0.25) is 6.10 Å². The summed E-state index contributed by atoms with van der Waals surface area (Å²) < 4.78 is 12.3. The topological polar surface area (TPSA) is 47.6 Å². The van der Waals surface area contributed by atoms with Crippen molar-refractivity contribution in [2.75, 3.05) is 6.61 Å². The minimum atomic E-state index is -0.632. The zero-order valence-electron chi connectivity index (χ0n) is 12.1. The molecule has 5 heteroatoms. The maximum atomic E-state index is 12.3. The van der Waals surface area contributed by atoms with Gasteiger partial charge in [0.1, 0.15) is 6.61 Å². The number of rotatable bonds is 3. The minimum Gasteiger partial charge on any atom is -0.485 e. The quantitative estimate of drug-likeness (QED) is 0.910. The average Bonchev–Trinajstić information content (AvgIpc) is 2.55. The number of carbonyl (C=O) groups is 1. The van der Waals surface area contributed by atoms with Crippen molar-refractivity contribution in [3.63, 3.8) is 0 Å². The van der Waals surface area contributed by atoms with Gasteiger partial charge >= 0.3 is 0 Å². The summed E-state index contributed by atoms with van der Waals surface area (Å²) in [6.07, 6.45) is -0.632. The number of para-hydroxylation sites is 2. The zero-order chi connectivity index (χ0) is 15.5. The summed E-state index contributed by atoms with van der Waals surface area (Å²) in [4.78, 5) is 12.3. The largest absolute Gasteiger partial charge is 0.485 e. The number of amides is 1. The number of benzene rings is 2. The molecule has 0 fully saturated rings. The molecular formula is C17H16BrNO3. The number of hydrogen-bond donors (Lipinski definition) is 1. The Morgan fingerprint density at radius 3 is 2.59 bits per heavy atom. The van der Waals surface area contributed by atoms with E-state index in [1.54, 1.807) is 6.07 Å². The molecule has 1 heterocycles. The number of hydrogen-bond acceptors (Lipinski definition) is 3. The molecule has 0 saturated carbocycles. The van der Waals surface area contributed by atoms with Crippen LogP contribution in [0.3, 0.4) is 0 Å². The van der Waals surface area contributed by atoms with Crippen LogP contribution >= 0.6 is 15.9 Å². The summed E-state index contributed by atoms with van der Waals surface area (Å²) in [5.74, 6) is 1.10. The van der Waals surface area contributed by atoms with E-state index in [-0.39, 0.29) is 18.6 Å². The fourth-order valence-electron chi connectivity index (χ4n) is 2.29. The molecule has 0 aromatic heterocycles. The molecule has 2 aromatic rings. The fraction of sp³-hybridized carbons (Fsp3) is 0.235. The Hall–Kier alpha value is -2.01. The molecule has 0 unspecified atom stereocenters. The van der Waals surface area contributed by atoms with Crippen molar-refractivity contribution in [1.82, 2.24) is 5.32 Å². The first kappa shape index (κ1) is 14.9. The number of fused-ring (bicyclic) bond motifs is 1. The van der Waals surface area contributed by atoms with Crippen LogP contribution in [0, 0.1) is 0 Å². The molecule has 4 nitrogen and oxygen atoms in total. The van der Waals surface area contributed by atoms with Crippen LogP contribution in [-0.4, -0.2) is 18.6 Å². The number of ether oxygens (including phenoxy) is 2. The lowest BCUT2D eigenvalue weighted by Crippen LogP contribution is -2.44. The van der Waals surface area contributed by atoms with Crippen LogP contribution in [0.15, 0.2) is 53.0 Å². The number of halogens is 1. The molecule has 3 rings (SSSR count). The van der Waals surface area contributed by atoms with E-state index in [1.807, 2.05) is 49.4 Å². The molecule has 1 amide bonds. The van der Waals surface area contributed by atoms with Crippen molar-refractivity contribution in [1.29, 1.82) is 0 Å². The second-order valence-electron chi connectivity index (χ2n) is 5.15. The molecule has 0 bridgehead atoms. The van der Waals surface area contributed by atoms with Crippen molar-refractivity contribution in [2.24, 2.45) is 0 Å². The Morgan fingerprint density at radius 2 is 1.86 bits per heavy atom. The lowest BCUT2D eigenvalue weighted by atomic mass is 10.1. The van der Waals surface area contributed by atoms with Gasteiger partial charge in [-0.3, -0.25) is 4.79 Å². The van der Waals surface area contributed by atoms with E-state index in [9.17, 15) is 4.79 Å². The summed E-state index contributed by atoms with van der Waals surface area (Å²) in [7, 11) is 0. The van der Waals surface area contributed by atoms with Crippen LogP contribution in [0.25, 0.3) is 0 Å². The molecule has 1 aliphatic heterocycles. The van der Waals surface area contributed by atoms with Crippen molar-refractivity contribution in [2.45, 2.75) is 19.1 Å². The van der Waals surface area contributed by atoms with E-state index in [0.717, 1.165) is 10.0 Å². The Morgan fingerprint density at radius 1 is 1.18 bits per heavy atom.